The van der Waals surface area contributed by atoms with Crippen LogP contribution in [0.15, 0.2) is 66.7 Å². The molecule has 3 nitrogen and oxygen atoms in total. The van der Waals surface area contributed by atoms with Crippen molar-refractivity contribution in [3.8, 4) is 0 Å². The van der Waals surface area contributed by atoms with Crippen LogP contribution in [0.3, 0.4) is 0 Å². The Morgan fingerprint density at radius 3 is 2.57 bits per heavy atom. The first-order chi connectivity index (χ1) is 13.6. The Bertz CT molecular complexity index is 1250. The zero-order valence-corrected chi connectivity index (χ0v) is 15.2. The van der Waals surface area contributed by atoms with Gasteiger partial charge in [-0.2, -0.15) is 0 Å². The minimum Gasteiger partial charge on any atom is -0.258 e. The van der Waals surface area contributed by atoms with Crippen molar-refractivity contribution in [1.82, 2.24) is 0 Å². The molecule has 4 heteroatoms. The monoisotopic (exact) mass is 371 g/mol. The van der Waals surface area contributed by atoms with Gasteiger partial charge in [-0.3, -0.25) is 10.1 Å². The van der Waals surface area contributed by atoms with Gasteiger partial charge in [-0.05, 0) is 63.6 Å². The smallest absolute Gasteiger partial charge is 0.258 e. The number of non-ortho nitro benzene ring substituents is 1. The van der Waals surface area contributed by atoms with Crippen LogP contribution in [-0.4, -0.2) is 4.92 Å². The summed E-state index contributed by atoms with van der Waals surface area (Å²) in [5.74, 6) is -0.584. The van der Waals surface area contributed by atoms with Crippen LogP contribution < -0.4 is 0 Å². The molecule has 0 saturated carbocycles. The molecule has 0 fully saturated rings. The molecule has 138 valence electrons. The zero-order valence-electron chi connectivity index (χ0n) is 15.2. The van der Waals surface area contributed by atoms with Crippen molar-refractivity contribution in [3.05, 3.63) is 99.4 Å². The van der Waals surface area contributed by atoms with Gasteiger partial charge in [0.1, 0.15) is 5.82 Å². The van der Waals surface area contributed by atoms with Gasteiger partial charge < -0.3 is 0 Å². The Kier molecular flexibility index (Phi) is 3.86. The summed E-state index contributed by atoms with van der Waals surface area (Å²) in [6, 6.07) is 20.9. The minimum absolute atomic E-state index is 0.0885. The molecule has 0 N–H and O–H groups in total. The van der Waals surface area contributed by atoms with Crippen LogP contribution in [0.1, 0.15) is 35.4 Å². The Hall–Kier alpha value is -3.27. The van der Waals surface area contributed by atoms with Crippen molar-refractivity contribution >= 4 is 27.2 Å². The van der Waals surface area contributed by atoms with E-state index in [1.165, 1.54) is 33.4 Å². The van der Waals surface area contributed by atoms with Gasteiger partial charge in [0.25, 0.3) is 5.69 Å². The van der Waals surface area contributed by atoms with Crippen molar-refractivity contribution in [2.24, 2.45) is 0 Å². The second kappa shape index (κ2) is 6.41. The van der Waals surface area contributed by atoms with Gasteiger partial charge in [-0.25, -0.2) is 4.39 Å². The molecular formula is C24H18FNO2. The van der Waals surface area contributed by atoms with E-state index in [4.69, 9.17) is 0 Å². The number of nitro groups is 1. The second-order valence-corrected chi connectivity index (χ2v) is 7.43. The Morgan fingerprint density at radius 2 is 1.75 bits per heavy atom. The predicted octanol–water partition coefficient (Wildman–Crippen LogP) is 6.51. The predicted molar refractivity (Wildman–Crippen MR) is 109 cm³/mol. The first kappa shape index (κ1) is 16.9. The van der Waals surface area contributed by atoms with Crippen molar-refractivity contribution < 1.29 is 9.31 Å². The van der Waals surface area contributed by atoms with E-state index >= 15 is 0 Å². The third kappa shape index (κ3) is 2.56. The lowest BCUT2D eigenvalue weighted by Crippen LogP contribution is -2.13. The number of hydrogen-bond donors (Lipinski definition) is 0. The number of aryl methyl sites for hydroxylation is 1. The first-order valence-corrected chi connectivity index (χ1v) is 9.50. The third-order valence-corrected chi connectivity index (χ3v) is 5.92. The number of nitrogens with zero attached hydrogens (tertiary/aromatic N) is 1. The molecule has 0 aliphatic heterocycles. The summed E-state index contributed by atoms with van der Waals surface area (Å²) in [6.07, 6.45) is 2.80. The minimum atomic E-state index is -0.552. The van der Waals surface area contributed by atoms with E-state index in [0.29, 0.717) is 5.56 Å². The quantitative estimate of drug-likeness (QED) is 0.229. The SMILES string of the molecule is O=[N+]([O-])c1ccc(C2CCCc3ccc4c(ccc5ccccc54)c32)c(F)c1. The molecule has 5 rings (SSSR count). The van der Waals surface area contributed by atoms with Gasteiger partial charge >= 0.3 is 0 Å². The Labute approximate surface area is 161 Å². The molecular weight excluding hydrogens is 353 g/mol. The maximum atomic E-state index is 14.8. The molecule has 1 unspecified atom stereocenters. The lowest BCUT2D eigenvalue weighted by Gasteiger charge is -2.28. The first-order valence-electron chi connectivity index (χ1n) is 9.50. The molecule has 0 amide bonds. The fourth-order valence-corrected chi connectivity index (χ4v) is 4.65. The number of hydrogen-bond acceptors (Lipinski definition) is 2. The number of rotatable bonds is 2. The van der Waals surface area contributed by atoms with Crippen molar-refractivity contribution in [3.63, 3.8) is 0 Å². The van der Waals surface area contributed by atoms with E-state index in [1.807, 2.05) is 12.1 Å². The molecule has 4 aromatic rings. The van der Waals surface area contributed by atoms with Gasteiger partial charge in [0.2, 0.25) is 0 Å². The molecule has 1 aliphatic carbocycles. The van der Waals surface area contributed by atoms with E-state index in [0.717, 1.165) is 30.7 Å². The highest BCUT2D eigenvalue weighted by molar-refractivity contribution is 6.09. The van der Waals surface area contributed by atoms with Crippen LogP contribution in [0.25, 0.3) is 21.5 Å². The Balaban J connectivity index is 1.76. The molecule has 0 aromatic heterocycles. The van der Waals surface area contributed by atoms with Gasteiger partial charge in [0.15, 0.2) is 0 Å². The largest absolute Gasteiger partial charge is 0.272 e. The Morgan fingerprint density at radius 1 is 0.929 bits per heavy atom. The number of nitro benzene ring substituents is 1. The van der Waals surface area contributed by atoms with Crippen LogP contribution >= 0.6 is 0 Å². The van der Waals surface area contributed by atoms with E-state index < -0.39 is 10.7 Å². The van der Waals surface area contributed by atoms with Crippen molar-refractivity contribution in [2.45, 2.75) is 25.2 Å². The maximum Gasteiger partial charge on any atom is 0.272 e. The molecule has 28 heavy (non-hydrogen) atoms. The average molecular weight is 371 g/mol. The molecule has 1 aliphatic rings. The second-order valence-electron chi connectivity index (χ2n) is 7.43. The summed E-state index contributed by atoms with van der Waals surface area (Å²) in [7, 11) is 0. The fraction of sp³-hybridized carbons (Fsp3) is 0.167. The van der Waals surface area contributed by atoms with Gasteiger partial charge in [-0.15, -0.1) is 0 Å². The molecule has 0 spiro atoms. The van der Waals surface area contributed by atoms with Gasteiger partial charge in [0, 0.05) is 12.0 Å². The summed E-state index contributed by atoms with van der Waals surface area (Å²) in [5, 5.41) is 15.7. The normalized spacial score (nSPS) is 16.2. The van der Waals surface area contributed by atoms with E-state index in [9.17, 15) is 14.5 Å². The lowest BCUT2D eigenvalue weighted by atomic mass is 9.76. The molecule has 0 saturated heterocycles. The average Bonchev–Trinajstić information content (AvgIpc) is 2.72. The van der Waals surface area contributed by atoms with Crippen molar-refractivity contribution in [1.29, 1.82) is 0 Å². The van der Waals surface area contributed by atoms with Crippen molar-refractivity contribution in [2.75, 3.05) is 0 Å². The summed E-state index contributed by atoms with van der Waals surface area (Å²) < 4.78 is 14.8. The van der Waals surface area contributed by atoms with E-state index in [1.54, 1.807) is 6.07 Å². The highest BCUT2D eigenvalue weighted by Crippen LogP contribution is 2.43. The van der Waals surface area contributed by atoms with Crippen LogP contribution in [0.5, 0.6) is 0 Å². The molecule has 4 aromatic carbocycles. The number of benzene rings is 4. The summed E-state index contributed by atoms with van der Waals surface area (Å²) in [6.45, 7) is 0. The van der Waals surface area contributed by atoms with Crippen LogP contribution in [0, 0.1) is 15.9 Å². The van der Waals surface area contributed by atoms with E-state index in [-0.39, 0.29) is 11.6 Å². The molecule has 1 atom stereocenters. The van der Waals surface area contributed by atoms with Gasteiger partial charge in [-0.1, -0.05) is 48.5 Å². The highest BCUT2D eigenvalue weighted by atomic mass is 19.1. The number of fused-ring (bicyclic) bond motifs is 5. The maximum absolute atomic E-state index is 14.8. The summed E-state index contributed by atoms with van der Waals surface area (Å²) in [5.41, 5.74) is 2.76. The van der Waals surface area contributed by atoms with Crippen LogP contribution in [-0.2, 0) is 6.42 Å². The molecule has 0 radical (unpaired) electrons. The topological polar surface area (TPSA) is 43.1 Å². The summed E-state index contributed by atoms with van der Waals surface area (Å²) in [4.78, 5) is 10.4. The van der Waals surface area contributed by atoms with E-state index in [2.05, 4.69) is 36.4 Å². The standard InChI is InChI=1S/C24H18FNO2/c25-23-14-17(26(27)28)10-13-20(23)21-7-3-5-16-9-11-19-18-6-2-1-4-15(18)8-12-22(19)24(16)21/h1-2,4,6,8-14,21H,3,5,7H2. The molecule has 0 bridgehead atoms. The van der Waals surface area contributed by atoms with Gasteiger partial charge in [0.05, 0.1) is 11.0 Å². The van der Waals surface area contributed by atoms with Crippen LogP contribution in [0.2, 0.25) is 0 Å². The lowest BCUT2D eigenvalue weighted by molar-refractivity contribution is -0.385. The number of halogens is 1. The molecule has 0 heterocycles. The fourth-order valence-electron chi connectivity index (χ4n) is 4.65. The third-order valence-electron chi connectivity index (χ3n) is 5.92. The summed E-state index contributed by atoms with van der Waals surface area (Å²) >= 11 is 0. The highest BCUT2D eigenvalue weighted by Gasteiger charge is 2.27. The zero-order chi connectivity index (χ0) is 19.3. The van der Waals surface area contributed by atoms with Crippen LogP contribution in [0.4, 0.5) is 10.1 Å².